The van der Waals surface area contributed by atoms with Gasteiger partial charge in [-0.05, 0) is 19.1 Å². The molecule has 0 aliphatic heterocycles. The van der Waals surface area contributed by atoms with E-state index in [2.05, 4.69) is 5.10 Å². The van der Waals surface area contributed by atoms with Crippen molar-refractivity contribution in [2.24, 2.45) is 0 Å². The van der Waals surface area contributed by atoms with Gasteiger partial charge in [0.25, 0.3) is 0 Å². The van der Waals surface area contributed by atoms with Crippen molar-refractivity contribution >= 4 is 40.6 Å². The maximum absolute atomic E-state index is 7.68. The van der Waals surface area contributed by atoms with Crippen molar-refractivity contribution in [3.05, 3.63) is 45.4 Å². The minimum absolute atomic E-state index is 0.159. The summed E-state index contributed by atoms with van der Waals surface area (Å²) in [6, 6.07) is 3.09. The molecule has 87 valence electrons. The summed E-state index contributed by atoms with van der Waals surface area (Å²) < 4.78 is 1.35. The van der Waals surface area contributed by atoms with Crippen LogP contribution >= 0.6 is 34.8 Å². The van der Waals surface area contributed by atoms with Gasteiger partial charge in [0, 0.05) is 17.5 Å². The van der Waals surface area contributed by atoms with Crippen molar-refractivity contribution in [3.8, 4) is 5.69 Å². The zero-order valence-electron chi connectivity index (χ0n) is 8.76. The lowest BCUT2D eigenvalue weighted by Crippen LogP contribution is -2.04. The van der Waals surface area contributed by atoms with E-state index >= 15 is 0 Å². The Balaban J connectivity index is 2.73. The number of hydrogen-bond donors (Lipinski definition) is 1. The Labute approximate surface area is 114 Å². The molecule has 3 radical (unpaired) electrons. The van der Waals surface area contributed by atoms with Crippen LogP contribution < -0.4 is 5.73 Å². The van der Waals surface area contributed by atoms with Gasteiger partial charge in [0.2, 0.25) is 0 Å². The van der Waals surface area contributed by atoms with Crippen LogP contribution in [0.25, 0.3) is 5.69 Å². The maximum atomic E-state index is 7.68. The Morgan fingerprint density at radius 2 is 1.76 bits per heavy atom. The first-order chi connectivity index (χ1) is 7.91. The highest BCUT2D eigenvalue weighted by Gasteiger charge is 2.16. The monoisotopic (exact) mass is 286 g/mol. The summed E-state index contributed by atoms with van der Waals surface area (Å²) in [7, 11) is 0. The molecule has 3 nitrogen and oxygen atoms in total. The van der Waals surface area contributed by atoms with Crippen LogP contribution in [-0.4, -0.2) is 9.78 Å². The van der Waals surface area contributed by atoms with Crippen molar-refractivity contribution in [2.75, 3.05) is 5.73 Å². The van der Waals surface area contributed by atoms with Crippen LogP contribution in [0.15, 0.2) is 12.1 Å². The van der Waals surface area contributed by atoms with Crippen LogP contribution in [0, 0.1) is 13.8 Å². The molecule has 0 saturated heterocycles. The van der Waals surface area contributed by atoms with Gasteiger partial charge in [0.15, 0.2) is 0 Å². The van der Waals surface area contributed by atoms with E-state index < -0.39 is 0 Å². The highest BCUT2D eigenvalue weighted by molar-refractivity contribution is 6.40. The van der Waals surface area contributed by atoms with Crippen LogP contribution in [-0.2, 0) is 0 Å². The van der Waals surface area contributed by atoms with Crippen LogP contribution in [0.2, 0.25) is 15.1 Å². The number of halogens is 3. The second-order valence-corrected chi connectivity index (χ2v) is 4.73. The third kappa shape index (κ3) is 2.10. The molecule has 1 aromatic carbocycles. The van der Waals surface area contributed by atoms with Crippen molar-refractivity contribution in [1.82, 2.24) is 9.78 Å². The first-order valence-corrected chi connectivity index (χ1v) is 5.77. The summed E-state index contributed by atoms with van der Waals surface area (Å²) >= 11 is 17.9. The molecular formula is C11H7Cl3N3. The zero-order chi connectivity index (χ0) is 12.7. The fourth-order valence-corrected chi connectivity index (χ4v) is 2.43. The fraction of sp³-hybridized carbons (Fsp3) is 0.0909. The van der Waals surface area contributed by atoms with Crippen molar-refractivity contribution in [2.45, 2.75) is 6.92 Å². The molecular weight excluding hydrogens is 281 g/mol. The molecule has 1 aromatic heterocycles. The largest absolute Gasteiger partial charge is 0.383 e. The number of aryl methyl sites for hydroxylation is 1. The van der Waals surface area contributed by atoms with Gasteiger partial charge in [-0.2, -0.15) is 5.10 Å². The van der Waals surface area contributed by atoms with Crippen LogP contribution in [0.5, 0.6) is 0 Å². The van der Waals surface area contributed by atoms with Crippen LogP contribution in [0.1, 0.15) is 11.3 Å². The number of nitrogen functional groups attached to an aromatic ring is 1. The Morgan fingerprint density at radius 3 is 2.18 bits per heavy atom. The molecule has 2 aromatic rings. The lowest BCUT2D eigenvalue weighted by Gasteiger charge is -2.09. The third-order valence-electron chi connectivity index (χ3n) is 2.29. The molecule has 0 aliphatic rings. The second kappa shape index (κ2) is 4.41. The standard InChI is InChI=1S/C11H7Cl3N3/c1-5-6(2)16-17(11(5)15)10-8(13)3-7(12)4-9(10)14/h3-4H,15H2,2H3. The number of anilines is 1. The number of nitrogens with zero attached hydrogens (tertiary/aromatic N) is 2. The van der Waals surface area contributed by atoms with E-state index in [4.69, 9.17) is 47.5 Å². The van der Waals surface area contributed by atoms with E-state index in [1.165, 1.54) is 4.68 Å². The minimum Gasteiger partial charge on any atom is -0.383 e. The maximum Gasteiger partial charge on any atom is 0.131 e. The average molecular weight is 288 g/mol. The van der Waals surface area contributed by atoms with Crippen molar-refractivity contribution < 1.29 is 0 Å². The number of benzene rings is 1. The molecule has 0 saturated carbocycles. The van der Waals surface area contributed by atoms with Crippen LogP contribution in [0.3, 0.4) is 0 Å². The molecule has 0 bridgehead atoms. The third-order valence-corrected chi connectivity index (χ3v) is 3.08. The lowest BCUT2D eigenvalue weighted by atomic mass is 10.3. The summed E-state index contributed by atoms with van der Waals surface area (Å²) in [5.74, 6) is 0.189. The Hall–Kier alpha value is -0.900. The van der Waals surface area contributed by atoms with Gasteiger partial charge in [-0.15, -0.1) is 0 Å². The molecule has 0 atom stereocenters. The molecule has 0 amide bonds. The molecule has 17 heavy (non-hydrogen) atoms. The quantitative estimate of drug-likeness (QED) is 0.870. The number of rotatable bonds is 1. The van der Waals surface area contributed by atoms with E-state index in [9.17, 15) is 0 Å². The van der Waals surface area contributed by atoms with Gasteiger partial charge in [-0.1, -0.05) is 34.8 Å². The Kier molecular flexibility index (Phi) is 3.25. The number of nitrogens with two attached hydrogens (primary N) is 1. The first-order valence-electron chi connectivity index (χ1n) is 4.63. The summed E-state index contributed by atoms with van der Waals surface area (Å²) in [5.41, 5.74) is 6.87. The van der Waals surface area contributed by atoms with E-state index in [0.717, 1.165) is 0 Å². The average Bonchev–Trinajstić information content (AvgIpc) is 2.45. The topological polar surface area (TPSA) is 43.8 Å². The summed E-state index contributed by atoms with van der Waals surface area (Å²) in [5, 5.41) is 5.21. The lowest BCUT2D eigenvalue weighted by molar-refractivity contribution is 0.872. The van der Waals surface area contributed by atoms with Gasteiger partial charge in [0.1, 0.15) is 11.5 Å². The minimum atomic E-state index is 0.159. The van der Waals surface area contributed by atoms with E-state index in [-0.39, 0.29) is 11.4 Å². The fourth-order valence-electron chi connectivity index (χ4n) is 1.45. The predicted octanol–water partition coefficient (Wildman–Crippen LogP) is 3.66. The van der Waals surface area contributed by atoms with E-state index in [1.54, 1.807) is 19.1 Å². The highest BCUT2D eigenvalue weighted by atomic mass is 35.5. The van der Waals surface area contributed by atoms with E-state index in [0.29, 0.717) is 26.4 Å². The molecule has 1 heterocycles. The van der Waals surface area contributed by atoms with Gasteiger partial charge >= 0.3 is 0 Å². The molecule has 2 rings (SSSR count). The van der Waals surface area contributed by atoms with Crippen molar-refractivity contribution in [3.63, 3.8) is 0 Å². The second-order valence-electron chi connectivity index (χ2n) is 3.48. The van der Waals surface area contributed by atoms with Gasteiger partial charge in [0.05, 0.1) is 15.7 Å². The molecule has 2 N–H and O–H groups in total. The summed E-state index contributed by atoms with van der Waals surface area (Å²) in [6.45, 7) is 9.36. The van der Waals surface area contributed by atoms with Crippen molar-refractivity contribution in [1.29, 1.82) is 0 Å². The molecule has 6 heteroatoms. The first kappa shape index (κ1) is 12.6. The predicted molar refractivity (Wildman–Crippen MR) is 70.1 cm³/mol. The molecule has 0 fully saturated rings. The number of hydrogen-bond acceptors (Lipinski definition) is 2. The summed E-state index contributed by atoms with van der Waals surface area (Å²) in [6.07, 6.45) is 0. The molecule has 0 unspecified atom stereocenters. The SMILES string of the molecule is [C]c1c(C)nn(-c2c(Cl)cc(Cl)cc2Cl)c1N. The summed E-state index contributed by atoms with van der Waals surface area (Å²) in [4.78, 5) is 0. The Morgan fingerprint density at radius 1 is 1.24 bits per heavy atom. The zero-order valence-corrected chi connectivity index (χ0v) is 11.0. The van der Waals surface area contributed by atoms with Gasteiger partial charge < -0.3 is 5.73 Å². The molecule has 0 aliphatic carbocycles. The normalized spacial score (nSPS) is 10.9. The van der Waals surface area contributed by atoms with E-state index in [1.807, 2.05) is 0 Å². The number of aromatic nitrogens is 2. The highest BCUT2D eigenvalue weighted by Crippen LogP contribution is 2.34. The van der Waals surface area contributed by atoms with Gasteiger partial charge in [-0.3, -0.25) is 0 Å². The smallest absolute Gasteiger partial charge is 0.131 e. The van der Waals surface area contributed by atoms with Gasteiger partial charge in [-0.25, -0.2) is 4.68 Å². The van der Waals surface area contributed by atoms with Crippen LogP contribution in [0.4, 0.5) is 5.82 Å². The molecule has 0 spiro atoms. The Bertz CT molecular complexity index is 567.